The van der Waals surface area contributed by atoms with E-state index in [1.807, 2.05) is 42.7 Å². The fourth-order valence-electron chi connectivity index (χ4n) is 3.08. The first-order valence-corrected chi connectivity index (χ1v) is 9.26. The van der Waals surface area contributed by atoms with Crippen LogP contribution in [0, 0.1) is 0 Å². The van der Waals surface area contributed by atoms with Crippen LogP contribution in [0.1, 0.15) is 0 Å². The van der Waals surface area contributed by atoms with Gasteiger partial charge in [0.25, 0.3) is 0 Å². The fourth-order valence-corrected chi connectivity index (χ4v) is 4.06. The van der Waals surface area contributed by atoms with Crippen molar-refractivity contribution in [2.75, 3.05) is 36.0 Å². The molecule has 0 saturated carbocycles. The van der Waals surface area contributed by atoms with Gasteiger partial charge >= 0.3 is 0 Å². The normalized spacial score (nSPS) is 14.9. The number of thiazole rings is 1. The first-order chi connectivity index (χ1) is 12.9. The standard InChI is InChI=1S/C18H16N6OS/c1-2-15(25-11-1)13-3-4-17(22-21-13)23-7-9-24(10-8-23)18-20-14-12-19-6-5-16(14)26-18/h1-6,11-12H,7-10H2. The molecule has 26 heavy (non-hydrogen) atoms. The molecule has 5 heterocycles. The maximum absolute atomic E-state index is 5.36. The van der Waals surface area contributed by atoms with Gasteiger partial charge in [-0.05, 0) is 30.3 Å². The lowest BCUT2D eigenvalue weighted by atomic mass is 10.3. The second-order valence-corrected chi connectivity index (χ2v) is 7.08. The molecule has 0 amide bonds. The summed E-state index contributed by atoms with van der Waals surface area (Å²) in [5, 5.41) is 9.72. The molecule has 1 aliphatic rings. The minimum absolute atomic E-state index is 0.735. The summed E-state index contributed by atoms with van der Waals surface area (Å²) in [6.45, 7) is 3.61. The van der Waals surface area contributed by atoms with Crippen LogP contribution >= 0.6 is 11.3 Å². The number of rotatable bonds is 3. The van der Waals surface area contributed by atoms with E-state index >= 15 is 0 Å². The number of hydrogen-bond acceptors (Lipinski definition) is 8. The summed E-state index contributed by atoms with van der Waals surface area (Å²) in [6.07, 6.45) is 5.28. The predicted molar refractivity (Wildman–Crippen MR) is 102 cm³/mol. The molecule has 0 unspecified atom stereocenters. The molecule has 4 aromatic rings. The van der Waals surface area contributed by atoms with E-state index in [0.717, 1.165) is 54.1 Å². The molecule has 0 spiro atoms. The van der Waals surface area contributed by atoms with Crippen molar-refractivity contribution in [1.82, 2.24) is 20.2 Å². The molecule has 5 rings (SSSR count). The number of fused-ring (bicyclic) bond motifs is 1. The Morgan fingerprint density at radius 3 is 2.58 bits per heavy atom. The maximum atomic E-state index is 5.36. The Bertz CT molecular complexity index is 973. The van der Waals surface area contributed by atoms with Crippen molar-refractivity contribution >= 4 is 32.5 Å². The van der Waals surface area contributed by atoms with Gasteiger partial charge in [-0.15, -0.1) is 10.2 Å². The molecule has 0 aromatic carbocycles. The SMILES string of the molecule is c1coc(-c2ccc(N3CCN(c4nc5cnccc5s4)CC3)nn2)c1. The first kappa shape index (κ1) is 15.3. The van der Waals surface area contributed by atoms with Crippen LogP contribution in [0.3, 0.4) is 0 Å². The van der Waals surface area contributed by atoms with Gasteiger partial charge in [-0.2, -0.15) is 0 Å². The highest BCUT2D eigenvalue weighted by molar-refractivity contribution is 7.22. The van der Waals surface area contributed by atoms with Crippen LogP contribution in [0.25, 0.3) is 21.7 Å². The van der Waals surface area contributed by atoms with E-state index in [2.05, 4.69) is 25.0 Å². The Kier molecular flexibility index (Phi) is 3.75. The summed E-state index contributed by atoms with van der Waals surface area (Å²) < 4.78 is 6.54. The Hall–Kier alpha value is -3.00. The highest BCUT2D eigenvalue weighted by Gasteiger charge is 2.21. The van der Waals surface area contributed by atoms with Crippen LogP contribution in [0.5, 0.6) is 0 Å². The largest absolute Gasteiger partial charge is 0.463 e. The average Bonchev–Trinajstić information content (AvgIpc) is 3.38. The van der Waals surface area contributed by atoms with E-state index in [4.69, 9.17) is 9.40 Å². The Morgan fingerprint density at radius 2 is 1.85 bits per heavy atom. The van der Waals surface area contributed by atoms with Gasteiger partial charge in [0, 0.05) is 32.4 Å². The van der Waals surface area contributed by atoms with Gasteiger partial charge in [0.1, 0.15) is 11.2 Å². The molecule has 4 aromatic heterocycles. The summed E-state index contributed by atoms with van der Waals surface area (Å²) in [7, 11) is 0. The van der Waals surface area contributed by atoms with Crippen molar-refractivity contribution in [3.8, 4) is 11.5 Å². The second-order valence-electron chi connectivity index (χ2n) is 6.07. The lowest BCUT2D eigenvalue weighted by Crippen LogP contribution is -2.46. The van der Waals surface area contributed by atoms with Crippen LogP contribution in [0.15, 0.2) is 53.4 Å². The third-order valence-corrected chi connectivity index (χ3v) is 5.57. The van der Waals surface area contributed by atoms with E-state index < -0.39 is 0 Å². The molecule has 1 saturated heterocycles. The highest BCUT2D eigenvalue weighted by atomic mass is 32.1. The van der Waals surface area contributed by atoms with Gasteiger partial charge < -0.3 is 14.2 Å². The lowest BCUT2D eigenvalue weighted by Gasteiger charge is -2.34. The van der Waals surface area contributed by atoms with Crippen molar-refractivity contribution < 1.29 is 4.42 Å². The highest BCUT2D eigenvalue weighted by Crippen LogP contribution is 2.29. The number of hydrogen-bond donors (Lipinski definition) is 0. The molecule has 0 bridgehead atoms. The number of anilines is 2. The molecule has 7 nitrogen and oxygen atoms in total. The van der Waals surface area contributed by atoms with Crippen molar-refractivity contribution in [1.29, 1.82) is 0 Å². The van der Waals surface area contributed by atoms with Gasteiger partial charge in [0.2, 0.25) is 0 Å². The zero-order chi connectivity index (χ0) is 17.3. The molecule has 8 heteroatoms. The van der Waals surface area contributed by atoms with Crippen molar-refractivity contribution in [3.63, 3.8) is 0 Å². The van der Waals surface area contributed by atoms with Gasteiger partial charge in [0.15, 0.2) is 16.7 Å². The van der Waals surface area contributed by atoms with Crippen molar-refractivity contribution in [2.24, 2.45) is 0 Å². The quantitative estimate of drug-likeness (QED) is 0.553. The molecular weight excluding hydrogens is 348 g/mol. The Labute approximate surface area is 153 Å². The molecule has 0 atom stereocenters. The maximum Gasteiger partial charge on any atom is 0.186 e. The minimum Gasteiger partial charge on any atom is -0.463 e. The predicted octanol–water partition coefficient (Wildman–Crippen LogP) is 3.07. The van der Waals surface area contributed by atoms with Crippen molar-refractivity contribution in [2.45, 2.75) is 0 Å². The number of nitrogens with zero attached hydrogens (tertiary/aromatic N) is 6. The molecular formula is C18H16N6OS. The number of piperazine rings is 1. The van der Waals surface area contributed by atoms with Crippen molar-refractivity contribution in [3.05, 3.63) is 49.0 Å². The fraction of sp³-hybridized carbons (Fsp3) is 0.222. The number of furan rings is 1. The zero-order valence-corrected chi connectivity index (χ0v) is 14.8. The van der Waals surface area contributed by atoms with E-state index in [-0.39, 0.29) is 0 Å². The third kappa shape index (κ3) is 2.78. The van der Waals surface area contributed by atoms with Crippen LogP contribution < -0.4 is 9.80 Å². The minimum atomic E-state index is 0.735. The van der Waals surface area contributed by atoms with Crippen LogP contribution in [-0.4, -0.2) is 46.3 Å². The monoisotopic (exact) mass is 364 g/mol. The topological polar surface area (TPSA) is 71.2 Å². The van der Waals surface area contributed by atoms with E-state index in [1.165, 1.54) is 4.70 Å². The Morgan fingerprint density at radius 1 is 0.962 bits per heavy atom. The first-order valence-electron chi connectivity index (χ1n) is 8.45. The Balaban J connectivity index is 1.28. The van der Waals surface area contributed by atoms with Crippen LogP contribution in [-0.2, 0) is 0 Å². The number of pyridine rings is 1. The summed E-state index contributed by atoms with van der Waals surface area (Å²) in [5.41, 5.74) is 1.72. The molecule has 1 aliphatic heterocycles. The van der Waals surface area contributed by atoms with E-state index in [9.17, 15) is 0 Å². The van der Waals surface area contributed by atoms with Crippen LogP contribution in [0.4, 0.5) is 10.9 Å². The zero-order valence-electron chi connectivity index (χ0n) is 13.9. The van der Waals surface area contributed by atoms with E-state index in [0.29, 0.717) is 0 Å². The smallest absolute Gasteiger partial charge is 0.186 e. The summed E-state index contributed by atoms with van der Waals surface area (Å²) in [6, 6.07) is 9.71. The van der Waals surface area contributed by atoms with Gasteiger partial charge in [-0.1, -0.05) is 11.3 Å². The van der Waals surface area contributed by atoms with Gasteiger partial charge in [-0.3, -0.25) is 4.98 Å². The molecule has 0 aliphatic carbocycles. The molecule has 130 valence electrons. The third-order valence-electron chi connectivity index (χ3n) is 4.48. The summed E-state index contributed by atoms with van der Waals surface area (Å²) >= 11 is 1.72. The lowest BCUT2D eigenvalue weighted by molar-refractivity contribution is 0.578. The number of aromatic nitrogens is 4. The molecule has 0 N–H and O–H groups in total. The van der Waals surface area contributed by atoms with Crippen LogP contribution in [0.2, 0.25) is 0 Å². The van der Waals surface area contributed by atoms with Gasteiger partial charge in [0.05, 0.1) is 17.2 Å². The van der Waals surface area contributed by atoms with E-state index in [1.54, 1.807) is 17.6 Å². The second kappa shape index (κ2) is 6.38. The summed E-state index contributed by atoms with van der Waals surface area (Å²) in [5.74, 6) is 1.63. The molecule has 0 radical (unpaired) electrons. The molecule has 1 fully saturated rings. The summed E-state index contributed by atoms with van der Waals surface area (Å²) in [4.78, 5) is 13.4. The average molecular weight is 364 g/mol. The van der Waals surface area contributed by atoms with Gasteiger partial charge in [-0.25, -0.2) is 4.98 Å².